The molecule has 0 unspecified atom stereocenters. The van der Waals surface area contributed by atoms with Crippen molar-refractivity contribution in [2.24, 2.45) is 0 Å². The minimum Gasteiger partial charge on any atom is -0.394 e. The van der Waals surface area contributed by atoms with E-state index in [1.165, 1.54) is 12.5 Å². The molecule has 0 aliphatic carbocycles. The lowest BCUT2D eigenvalue weighted by Gasteiger charge is -2.30. The topological polar surface area (TPSA) is 69.6 Å². The van der Waals surface area contributed by atoms with Gasteiger partial charge in [0.25, 0.3) is 0 Å². The zero-order chi connectivity index (χ0) is 13.6. The number of rotatable bonds is 6. The van der Waals surface area contributed by atoms with E-state index in [0.29, 0.717) is 12.8 Å². The van der Waals surface area contributed by atoms with Crippen molar-refractivity contribution in [3.63, 3.8) is 0 Å². The number of hydrogen-bond donors (Lipinski definition) is 3. The number of hydrogen-bond acceptors (Lipinski definition) is 3. The van der Waals surface area contributed by atoms with Gasteiger partial charge in [0.2, 0.25) is 5.91 Å². The number of amides is 1. The molecule has 4 heteroatoms. The molecule has 0 bridgehead atoms. The molecule has 0 heterocycles. The van der Waals surface area contributed by atoms with Gasteiger partial charge in [-0.15, -0.1) is 0 Å². The molecule has 0 aromatic heterocycles. The van der Waals surface area contributed by atoms with Crippen molar-refractivity contribution >= 4 is 5.91 Å². The van der Waals surface area contributed by atoms with E-state index in [1.807, 2.05) is 31.2 Å². The minimum atomic E-state index is -0.934. The van der Waals surface area contributed by atoms with Crippen LogP contribution in [0.25, 0.3) is 0 Å². The summed E-state index contributed by atoms with van der Waals surface area (Å²) >= 11 is 0. The van der Waals surface area contributed by atoms with Gasteiger partial charge in [-0.3, -0.25) is 4.79 Å². The smallest absolute Gasteiger partial charge is 0.217 e. The molecule has 0 atom stereocenters. The molecular formula is C14H21NO3. The average molecular weight is 251 g/mol. The standard InChI is InChI=1S/C14H21NO3/c1-11-3-5-13(6-4-11)7-8-14(9-16,10-17)15-12(2)18/h3-6,16-17H,7-10H2,1-2H3,(H,15,18). The summed E-state index contributed by atoms with van der Waals surface area (Å²) in [7, 11) is 0. The van der Waals surface area contributed by atoms with Gasteiger partial charge in [0, 0.05) is 6.92 Å². The minimum absolute atomic E-state index is 0.248. The fraction of sp³-hybridized carbons (Fsp3) is 0.500. The molecule has 4 nitrogen and oxygen atoms in total. The number of aliphatic hydroxyl groups is 2. The van der Waals surface area contributed by atoms with Crippen molar-refractivity contribution in [2.45, 2.75) is 32.2 Å². The van der Waals surface area contributed by atoms with Gasteiger partial charge in [-0.2, -0.15) is 0 Å². The fourth-order valence-corrected chi connectivity index (χ4v) is 1.86. The number of carbonyl (C=O) groups excluding carboxylic acids is 1. The van der Waals surface area contributed by atoms with Gasteiger partial charge in [0.1, 0.15) is 0 Å². The molecule has 0 aliphatic heterocycles. The zero-order valence-electron chi connectivity index (χ0n) is 10.9. The Hall–Kier alpha value is -1.39. The third kappa shape index (κ3) is 4.13. The Labute approximate surface area is 108 Å². The monoisotopic (exact) mass is 251 g/mol. The van der Waals surface area contributed by atoms with Crippen LogP contribution in [0.5, 0.6) is 0 Å². The van der Waals surface area contributed by atoms with Crippen molar-refractivity contribution < 1.29 is 15.0 Å². The first-order chi connectivity index (χ1) is 8.51. The second kappa shape index (κ2) is 6.52. The van der Waals surface area contributed by atoms with Gasteiger partial charge >= 0.3 is 0 Å². The quantitative estimate of drug-likeness (QED) is 0.700. The predicted molar refractivity (Wildman–Crippen MR) is 70.2 cm³/mol. The second-order valence-corrected chi connectivity index (χ2v) is 4.76. The summed E-state index contributed by atoms with van der Waals surface area (Å²) in [5.41, 5.74) is 1.38. The van der Waals surface area contributed by atoms with Gasteiger partial charge in [-0.05, 0) is 25.3 Å². The van der Waals surface area contributed by atoms with Crippen molar-refractivity contribution in [1.82, 2.24) is 5.32 Å². The molecule has 100 valence electrons. The third-order valence-electron chi connectivity index (χ3n) is 3.06. The van der Waals surface area contributed by atoms with E-state index in [0.717, 1.165) is 5.56 Å². The van der Waals surface area contributed by atoms with Crippen LogP contribution in [0.3, 0.4) is 0 Å². The third-order valence-corrected chi connectivity index (χ3v) is 3.06. The molecule has 1 aromatic carbocycles. The summed E-state index contributed by atoms with van der Waals surface area (Å²) in [5, 5.41) is 21.4. The lowest BCUT2D eigenvalue weighted by molar-refractivity contribution is -0.122. The van der Waals surface area contributed by atoms with Crippen LogP contribution in [-0.4, -0.2) is 34.9 Å². The summed E-state index contributed by atoms with van der Waals surface area (Å²) in [6.07, 6.45) is 1.20. The lowest BCUT2D eigenvalue weighted by atomic mass is 9.92. The highest BCUT2D eigenvalue weighted by atomic mass is 16.3. The van der Waals surface area contributed by atoms with Gasteiger partial charge in [0.15, 0.2) is 0 Å². The first-order valence-corrected chi connectivity index (χ1v) is 6.07. The largest absolute Gasteiger partial charge is 0.394 e. The van der Waals surface area contributed by atoms with Crippen molar-refractivity contribution in [2.75, 3.05) is 13.2 Å². The predicted octanol–water partition coefficient (Wildman–Crippen LogP) is 0.787. The van der Waals surface area contributed by atoms with Crippen molar-refractivity contribution in [1.29, 1.82) is 0 Å². The first kappa shape index (κ1) is 14.7. The number of aryl methyl sites for hydroxylation is 2. The van der Waals surface area contributed by atoms with Crippen LogP contribution in [0.1, 0.15) is 24.5 Å². The molecule has 0 fully saturated rings. The Balaban J connectivity index is 2.67. The second-order valence-electron chi connectivity index (χ2n) is 4.76. The number of benzene rings is 1. The molecule has 0 saturated heterocycles. The summed E-state index contributed by atoms with van der Waals surface area (Å²) in [6.45, 7) is 2.86. The molecule has 1 aromatic rings. The summed E-state index contributed by atoms with van der Waals surface area (Å²) in [4.78, 5) is 11.1. The Morgan fingerprint density at radius 1 is 1.22 bits per heavy atom. The van der Waals surface area contributed by atoms with Crippen molar-refractivity contribution in [3.05, 3.63) is 35.4 Å². The molecule has 18 heavy (non-hydrogen) atoms. The maximum Gasteiger partial charge on any atom is 0.217 e. The van der Waals surface area contributed by atoms with Crippen LogP contribution in [0, 0.1) is 6.92 Å². The molecule has 0 saturated carbocycles. The van der Waals surface area contributed by atoms with Crippen LogP contribution in [0.15, 0.2) is 24.3 Å². The summed E-state index contributed by atoms with van der Waals surface area (Å²) in [6, 6.07) is 8.08. The van der Waals surface area contributed by atoms with E-state index in [1.54, 1.807) is 0 Å². The van der Waals surface area contributed by atoms with E-state index in [4.69, 9.17) is 0 Å². The first-order valence-electron chi connectivity index (χ1n) is 6.07. The van der Waals surface area contributed by atoms with Crippen LogP contribution >= 0.6 is 0 Å². The molecule has 0 aliphatic rings. The van der Waals surface area contributed by atoms with Gasteiger partial charge in [0.05, 0.1) is 18.8 Å². The number of nitrogens with one attached hydrogen (secondary N) is 1. The normalized spacial score (nSPS) is 11.3. The van der Waals surface area contributed by atoms with Crippen LogP contribution < -0.4 is 5.32 Å². The fourth-order valence-electron chi connectivity index (χ4n) is 1.86. The highest BCUT2D eigenvalue weighted by Crippen LogP contribution is 2.15. The molecule has 0 radical (unpaired) electrons. The van der Waals surface area contributed by atoms with E-state index in [2.05, 4.69) is 5.32 Å². The SMILES string of the molecule is CC(=O)NC(CO)(CO)CCc1ccc(C)cc1. The Morgan fingerprint density at radius 3 is 2.22 bits per heavy atom. The highest BCUT2D eigenvalue weighted by Gasteiger charge is 2.29. The maximum atomic E-state index is 11.1. The highest BCUT2D eigenvalue weighted by molar-refractivity contribution is 5.73. The van der Waals surface area contributed by atoms with Crippen molar-refractivity contribution in [3.8, 4) is 0 Å². The van der Waals surface area contributed by atoms with Gasteiger partial charge < -0.3 is 15.5 Å². The molecule has 0 spiro atoms. The molecular weight excluding hydrogens is 230 g/mol. The Bertz CT molecular complexity index is 383. The lowest BCUT2D eigenvalue weighted by Crippen LogP contribution is -2.53. The van der Waals surface area contributed by atoms with Crippen LogP contribution in [0.2, 0.25) is 0 Å². The van der Waals surface area contributed by atoms with E-state index in [9.17, 15) is 15.0 Å². The summed E-state index contributed by atoms with van der Waals surface area (Å²) < 4.78 is 0. The average Bonchev–Trinajstić information content (AvgIpc) is 2.36. The van der Waals surface area contributed by atoms with Gasteiger partial charge in [-0.25, -0.2) is 0 Å². The molecule has 1 amide bonds. The molecule has 1 rings (SSSR count). The van der Waals surface area contributed by atoms with Crippen LogP contribution in [0.4, 0.5) is 0 Å². The van der Waals surface area contributed by atoms with E-state index in [-0.39, 0.29) is 19.1 Å². The number of aliphatic hydroxyl groups excluding tert-OH is 2. The zero-order valence-corrected chi connectivity index (χ0v) is 10.9. The van der Waals surface area contributed by atoms with Gasteiger partial charge in [-0.1, -0.05) is 29.8 Å². The number of carbonyl (C=O) groups is 1. The Morgan fingerprint density at radius 2 is 1.78 bits per heavy atom. The maximum absolute atomic E-state index is 11.1. The van der Waals surface area contributed by atoms with Crippen LogP contribution in [-0.2, 0) is 11.2 Å². The van der Waals surface area contributed by atoms with E-state index < -0.39 is 5.54 Å². The molecule has 3 N–H and O–H groups in total. The summed E-state index contributed by atoms with van der Waals surface area (Å²) in [5.74, 6) is -0.248. The Kier molecular flexibility index (Phi) is 5.31. The van der Waals surface area contributed by atoms with E-state index >= 15 is 0 Å².